The Hall–Kier alpha value is -2.16. The van der Waals surface area contributed by atoms with Gasteiger partial charge in [0.2, 0.25) is 0 Å². The number of nitrogens with one attached hydrogen (secondary N) is 1. The molecule has 78 valence electrons. The van der Waals surface area contributed by atoms with Crippen LogP contribution in [0.1, 0.15) is 10.4 Å². The van der Waals surface area contributed by atoms with E-state index in [9.17, 15) is 4.79 Å². The molecule has 0 amide bonds. The predicted molar refractivity (Wildman–Crippen MR) is 62.3 cm³/mol. The molecule has 1 atom stereocenters. The molecule has 3 rings (SSSR count). The van der Waals surface area contributed by atoms with Gasteiger partial charge in [0.05, 0.1) is 11.6 Å². The summed E-state index contributed by atoms with van der Waals surface area (Å²) in [6.07, 6.45) is 11.2. The normalized spacial score (nSPS) is 21.6. The molecule has 1 aliphatic carbocycles. The SMILES string of the molecule is O=C1C=C2C=CC=CC2Nc2ncccc21. The van der Waals surface area contributed by atoms with Crippen LogP contribution in [0.3, 0.4) is 0 Å². The minimum Gasteiger partial charge on any atom is -0.359 e. The van der Waals surface area contributed by atoms with Crippen LogP contribution in [-0.4, -0.2) is 16.8 Å². The molecule has 1 unspecified atom stereocenters. The van der Waals surface area contributed by atoms with Crippen molar-refractivity contribution in [2.75, 3.05) is 5.32 Å². The van der Waals surface area contributed by atoms with E-state index in [0.717, 1.165) is 5.57 Å². The minimum absolute atomic E-state index is 0.00745. The Balaban J connectivity index is 2.14. The van der Waals surface area contributed by atoms with Crippen molar-refractivity contribution in [2.24, 2.45) is 0 Å². The number of carbonyl (C=O) groups excluding carboxylic acids is 1. The summed E-state index contributed by atoms with van der Waals surface area (Å²) in [6, 6.07) is 3.61. The molecule has 0 saturated heterocycles. The van der Waals surface area contributed by atoms with Crippen LogP contribution in [0.4, 0.5) is 5.82 Å². The molecule has 0 saturated carbocycles. The maximum absolute atomic E-state index is 11.9. The molecule has 3 nitrogen and oxygen atoms in total. The number of pyridine rings is 1. The van der Waals surface area contributed by atoms with Crippen LogP contribution in [0.2, 0.25) is 0 Å². The Kier molecular flexibility index (Phi) is 1.96. The van der Waals surface area contributed by atoms with Crippen molar-refractivity contribution < 1.29 is 4.79 Å². The zero-order valence-corrected chi connectivity index (χ0v) is 8.55. The fraction of sp³-hybridized carbons (Fsp3) is 0.0769. The molecule has 3 heteroatoms. The molecule has 16 heavy (non-hydrogen) atoms. The number of hydrogen-bond acceptors (Lipinski definition) is 3. The number of allylic oxidation sites excluding steroid dienone is 3. The molecule has 0 bridgehead atoms. The van der Waals surface area contributed by atoms with Crippen molar-refractivity contribution in [1.29, 1.82) is 0 Å². The molecule has 0 spiro atoms. The number of nitrogens with zero attached hydrogens (tertiary/aromatic N) is 1. The van der Waals surface area contributed by atoms with Crippen molar-refractivity contribution >= 4 is 11.6 Å². The third-order valence-electron chi connectivity index (χ3n) is 2.73. The van der Waals surface area contributed by atoms with Gasteiger partial charge in [0.25, 0.3) is 0 Å². The number of carbonyl (C=O) groups is 1. The molecule has 0 radical (unpaired) electrons. The molecule has 2 aliphatic rings. The van der Waals surface area contributed by atoms with Crippen LogP contribution in [0.15, 0.2) is 54.3 Å². The van der Waals surface area contributed by atoms with Gasteiger partial charge in [-0.15, -0.1) is 0 Å². The van der Waals surface area contributed by atoms with Crippen molar-refractivity contribution in [2.45, 2.75) is 6.04 Å². The van der Waals surface area contributed by atoms with E-state index in [1.807, 2.05) is 24.3 Å². The fourth-order valence-electron chi connectivity index (χ4n) is 1.92. The number of fused-ring (bicyclic) bond motifs is 2. The van der Waals surface area contributed by atoms with Crippen LogP contribution < -0.4 is 5.32 Å². The molecule has 0 aromatic carbocycles. The number of aromatic nitrogens is 1. The number of hydrogen-bond donors (Lipinski definition) is 1. The number of rotatable bonds is 0. The van der Waals surface area contributed by atoms with Gasteiger partial charge in [-0.1, -0.05) is 24.3 Å². The second-order valence-corrected chi connectivity index (χ2v) is 3.77. The van der Waals surface area contributed by atoms with E-state index in [-0.39, 0.29) is 11.8 Å². The van der Waals surface area contributed by atoms with E-state index >= 15 is 0 Å². The summed E-state index contributed by atoms with van der Waals surface area (Å²) < 4.78 is 0. The van der Waals surface area contributed by atoms with Gasteiger partial charge in [0.15, 0.2) is 5.78 Å². The highest BCUT2D eigenvalue weighted by molar-refractivity contribution is 6.09. The first kappa shape index (κ1) is 9.09. The van der Waals surface area contributed by atoms with Crippen LogP contribution >= 0.6 is 0 Å². The third kappa shape index (κ3) is 1.37. The second-order valence-electron chi connectivity index (χ2n) is 3.77. The van der Waals surface area contributed by atoms with E-state index in [1.165, 1.54) is 0 Å². The first-order valence-corrected chi connectivity index (χ1v) is 5.17. The smallest absolute Gasteiger partial charge is 0.189 e. The standard InChI is InChI=1S/C13H10N2O/c16-12-8-9-4-1-2-6-11(9)15-13-10(12)5-3-7-14-13/h1-8,11H,(H,14,15). The van der Waals surface area contributed by atoms with Gasteiger partial charge in [-0.2, -0.15) is 0 Å². The number of anilines is 1. The third-order valence-corrected chi connectivity index (χ3v) is 2.73. The highest BCUT2D eigenvalue weighted by atomic mass is 16.1. The van der Waals surface area contributed by atoms with Crippen molar-refractivity contribution in [3.05, 3.63) is 59.8 Å². The summed E-state index contributed by atoms with van der Waals surface area (Å²) in [5, 5.41) is 3.25. The maximum Gasteiger partial charge on any atom is 0.189 e. The van der Waals surface area contributed by atoms with Crippen molar-refractivity contribution in [1.82, 2.24) is 4.98 Å². The average Bonchev–Trinajstić information content (AvgIpc) is 2.45. The van der Waals surface area contributed by atoms with Gasteiger partial charge in [0.1, 0.15) is 5.82 Å². The Bertz CT molecular complexity index is 541. The van der Waals surface area contributed by atoms with Gasteiger partial charge in [-0.3, -0.25) is 4.79 Å². The van der Waals surface area contributed by atoms with Crippen LogP contribution in [0, 0.1) is 0 Å². The van der Waals surface area contributed by atoms with Gasteiger partial charge in [0, 0.05) is 6.20 Å². The predicted octanol–water partition coefficient (Wildman–Crippen LogP) is 2.11. The molecule has 1 N–H and O–H groups in total. The molecule has 1 aliphatic heterocycles. The quantitative estimate of drug-likeness (QED) is 0.713. The maximum atomic E-state index is 11.9. The summed E-state index contributed by atoms with van der Waals surface area (Å²) >= 11 is 0. The lowest BCUT2D eigenvalue weighted by atomic mass is 10.0. The Morgan fingerprint density at radius 2 is 2.25 bits per heavy atom. The van der Waals surface area contributed by atoms with Crippen LogP contribution in [0.25, 0.3) is 0 Å². The van der Waals surface area contributed by atoms with E-state index in [1.54, 1.807) is 24.4 Å². The molecule has 1 aromatic rings. The lowest BCUT2D eigenvalue weighted by Crippen LogP contribution is -2.19. The zero-order chi connectivity index (χ0) is 11.0. The largest absolute Gasteiger partial charge is 0.359 e. The first-order valence-electron chi connectivity index (χ1n) is 5.17. The van der Waals surface area contributed by atoms with E-state index in [4.69, 9.17) is 0 Å². The molecular weight excluding hydrogens is 200 g/mol. The highest BCUT2D eigenvalue weighted by Crippen LogP contribution is 2.24. The Morgan fingerprint density at radius 1 is 1.31 bits per heavy atom. The molecule has 1 aromatic heterocycles. The summed E-state index contributed by atoms with van der Waals surface area (Å²) in [4.78, 5) is 16.1. The van der Waals surface area contributed by atoms with Crippen LogP contribution in [-0.2, 0) is 0 Å². The second kappa shape index (κ2) is 3.45. The molecule has 2 heterocycles. The van der Waals surface area contributed by atoms with Gasteiger partial charge in [-0.05, 0) is 23.8 Å². The van der Waals surface area contributed by atoms with Gasteiger partial charge >= 0.3 is 0 Å². The van der Waals surface area contributed by atoms with E-state index in [2.05, 4.69) is 10.3 Å². The monoisotopic (exact) mass is 210 g/mol. The van der Waals surface area contributed by atoms with E-state index in [0.29, 0.717) is 11.4 Å². The van der Waals surface area contributed by atoms with Gasteiger partial charge in [-0.25, -0.2) is 4.98 Å². The lowest BCUT2D eigenvalue weighted by molar-refractivity contribution is 0.104. The fourth-order valence-corrected chi connectivity index (χ4v) is 1.92. The van der Waals surface area contributed by atoms with Crippen molar-refractivity contribution in [3.8, 4) is 0 Å². The van der Waals surface area contributed by atoms with Crippen molar-refractivity contribution in [3.63, 3.8) is 0 Å². The summed E-state index contributed by atoms with van der Waals surface area (Å²) in [5.74, 6) is 0.664. The Labute approximate surface area is 93.2 Å². The Morgan fingerprint density at radius 3 is 3.19 bits per heavy atom. The highest BCUT2D eigenvalue weighted by Gasteiger charge is 2.21. The summed E-state index contributed by atoms with van der Waals surface area (Å²) in [7, 11) is 0. The first-order chi connectivity index (χ1) is 7.84. The van der Waals surface area contributed by atoms with Crippen LogP contribution in [0.5, 0.6) is 0 Å². The lowest BCUT2D eigenvalue weighted by Gasteiger charge is -2.17. The number of ketones is 1. The van der Waals surface area contributed by atoms with Gasteiger partial charge < -0.3 is 5.32 Å². The zero-order valence-electron chi connectivity index (χ0n) is 8.55. The topological polar surface area (TPSA) is 42.0 Å². The van der Waals surface area contributed by atoms with E-state index < -0.39 is 0 Å². The minimum atomic E-state index is 0.00745. The average molecular weight is 210 g/mol. The molecule has 0 fully saturated rings. The molecular formula is C13H10N2O. The summed E-state index contributed by atoms with van der Waals surface area (Å²) in [5.41, 5.74) is 1.61. The summed E-state index contributed by atoms with van der Waals surface area (Å²) in [6.45, 7) is 0.